The van der Waals surface area contributed by atoms with Crippen LogP contribution < -0.4 is 10.6 Å². The number of aryl methyl sites for hydroxylation is 1. The molecule has 0 saturated heterocycles. The van der Waals surface area contributed by atoms with Crippen LogP contribution in [0.3, 0.4) is 0 Å². The van der Waals surface area contributed by atoms with Gasteiger partial charge in [0, 0.05) is 29.5 Å². The van der Waals surface area contributed by atoms with E-state index in [1.165, 1.54) is 0 Å². The lowest BCUT2D eigenvalue weighted by Gasteiger charge is -2.11. The van der Waals surface area contributed by atoms with E-state index in [1.807, 2.05) is 25.1 Å². The van der Waals surface area contributed by atoms with Gasteiger partial charge in [-0.25, -0.2) is 0 Å². The van der Waals surface area contributed by atoms with E-state index >= 15 is 0 Å². The highest BCUT2D eigenvalue weighted by Crippen LogP contribution is 2.29. The van der Waals surface area contributed by atoms with Gasteiger partial charge in [0.2, 0.25) is 5.91 Å². The zero-order valence-corrected chi connectivity index (χ0v) is 12.0. The first-order valence-electron chi connectivity index (χ1n) is 6.78. The number of nitrogens with zero attached hydrogens (tertiary/aromatic N) is 1. The number of likely N-dealkylation sites (N-methyl/N-ethyl adjacent to an activating group) is 1. The summed E-state index contributed by atoms with van der Waals surface area (Å²) < 4.78 is 0. The molecule has 1 amide bonds. The molecule has 4 nitrogen and oxygen atoms in total. The van der Waals surface area contributed by atoms with Crippen LogP contribution in [0.15, 0.2) is 36.4 Å². The summed E-state index contributed by atoms with van der Waals surface area (Å²) in [6, 6.07) is 10.8. The second-order valence-corrected chi connectivity index (χ2v) is 5.34. The van der Waals surface area contributed by atoms with Crippen LogP contribution in [0.25, 0.3) is 0 Å². The van der Waals surface area contributed by atoms with Crippen LogP contribution in [0.5, 0.6) is 0 Å². The molecule has 1 aliphatic rings. The number of ketones is 1. The van der Waals surface area contributed by atoms with E-state index in [9.17, 15) is 9.59 Å². The average molecular weight is 280 g/mol. The lowest BCUT2D eigenvalue weighted by atomic mass is 9.97. The van der Waals surface area contributed by atoms with Gasteiger partial charge in [-0.2, -0.15) is 0 Å². The fraction of sp³-hybridized carbons (Fsp3) is 0.176. The molecule has 2 aromatic rings. The standard InChI is InChI=1S/C17H16N2O2/c1-10-4-3-5-13(16(10)18)17(21)11-6-7-14-12(8-11)9-15(20)19(14)2/h3-8H,9,18H2,1-2H3. The summed E-state index contributed by atoms with van der Waals surface area (Å²) in [5, 5.41) is 0. The highest BCUT2D eigenvalue weighted by atomic mass is 16.2. The van der Waals surface area contributed by atoms with Crippen LogP contribution in [0.4, 0.5) is 11.4 Å². The number of nitrogens with two attached hydrogens (primary N) is 1. The van der Waals surface area contributed by atoms with Crippen LogP contribution in [0.1, 0.15) is 27.0 Å². The molecule has 0 radical (unpaired) electrons. The van der Waals surface area contributed by atoms with Gasteiger partial charge in [-0.15, -0.1) is 0 Å². The van der Waals surface area contributed by atoms with Crippen molar-refractivity contribution in [1.82, 2.24) is 0 Å². The van der Waals surface area contributed by atoms with E-state index < -0.39 is 0 Å². The maximum Gasteiger partial charge on any atom is 0.231 e. The zero-order valence-electron chi connectivity index (χ0n) is 12.0. The Labute approximate surface area is 123 Å². The van der Waals surface area contributed by atoms with E-state index in [2.05, 4.69) is 0 Å². The summed E-state index contributed by atoms with van der Waals surface area (Å²) in [7, 11) is 1.74. The fourth-order valence-electron chi connectivity index (χ4n) is 2.65. The molecular weight excluding hydrogens is 264 g/mol. The van der Waals surface area contributed by atoms with Crippen LogP contribution in [0.2, 0.25) is 0 Å². The number of carbonyl (C=O) groups is 2. The average Bonchev–Trinajstić information content (AvgIpc) is 2.76. The molecule has 4 heteroatoms. The number of hydrogen-bond acceptors (Lipinski definition) is 3. The third-order valence-electron chi connectivity index (χ3n) is 3.99. The number of para-hydroxylation sites is 1. The Bertz CT molecular complexity index is 765. The van der Waals surface area contributed by atoms with Crippen molar-refractivity contribution in [3.63, 3.8) is 0 Å². The van der Waals surface area contributed by atoms with Crippen molar-refractivity contribution in [3.8, 4) is 0 Å². The predicted octanol–water partition coefficient (Wildman–Crippen LogP) is 2.33. The molecule has 2 aromatic carbocycles. The normalized spacial score (nSPS) is 13.4. The summed E-state index contributed by atoms with van der Waals surface area (Å²) >= 11 is 0. The zero-order chi connectivity index (χ0) is 15.1. The number of amides is 1. The molecule has 0 unspecified atom stereocenters. The molecule has 1 heterocycles. The Balaban J connectivity index is 2.02. The van der Waals surface area contributed by atoms with Crippen LogP contribution >= 0.6 is 0 Å². The molecule has 1 aliphatic heterocycles. The maximum absolute atomic E-state index is 12.6. The number of benzene rings is 2. The molecule has 0 spiro atoms. The van der Waals surface area contributed by atoms with E-state index in [0.717, 1.165) is 16.8 Å². The SMILES string of the molecule is Cc1cccc(C(=O)c2ccc3c(c2)CC(=O)N3C)c1N. The predicted molar refractivity (Wildman–Crippen MR) is 82.6 cm³/mol. The van der Waals surface area contributed by atoms with Crippen molar-refractivity contribution in [2.45, 2.75) is 13.3 Å². The first-order valence-corrected chi connectivity index (χ1v) is 6.78. The second kappa shape index (κ2) is 4.74. The van der Waals surface area contributed by atoms with Gasteiger partial charge in [0.15, 0.2) is 5.78 Å². The Morgan fingerprint density at radius 3 is 2.76 bits per heavy atom. The second-order valence-electron chi connectivity index (χ2n) is 5.34. The lowest BCUT2D eigenvalue weighted by Crippen LogP contribution is -2.20. The van der Waals surface area contributed by atoms with Crippen LogP contribution in [-0.2, 0) is 11.2 Å². The fourth-order valence-corrected chi connectivity index (χ4v) is 2.65. The highest BCUT2D eigenvalue weighted by Gasteiger charge is 2.25. The smallest absolute Gasteiger partial charge is 0.231 e. The Hall–Kier alpha value is -2.62. The summed E-state index contributed by atoms with van der Waals surface area (Å²) in [5.74, 6) is -0.0642. The molecular formula is C17H16N2O2. The number of nitrogen functional groups attached to an aromatic ring is 1. The quantitative estimate of drug-likeness (QED) is 0.678. The molecule has 0 saturated carbocycles. The summed E-state index contributed by atoms with van der Waals surface area (Å²) in [6.45, 7) is 1.88. The number of anilines is 2. The van der Waals surface area contributed by atoms with E-state index in [4.69, 9.17) is 5.73 Å². The van der Waals surface area contributed by atoms with Gasteiger partial charge in [-0.3, -0.25) is 9.59 Å². The molecule has 106 valence electrons. The van der Waals surface area contributed by atoms with E-state index in [0.29, 0.717) is 23.2 Å². The van der Waals surface area contributed by atoms with Gasteiger partial charge in [0.05, 0.1) is 6.42 Å². The van der Waals surface area contributed by atoms with Crippen LogP contribution in [-0.4, -0.2) is 18.7 Å². The Kier molecular flexibility index (Phi) is 3.01. The molecule has 0 bridgehead atoms. The number of hydrogen-bond donors (Lipinski definition) is 1. The third kappa shape index (κ3) is 2.09. The molecule has 0 aliphatic carbocycles. The van der Waals surface area contributed by atoms with E-state index in [-0.39, 0.29) is 11.7 Å². The van der Waals surface area contributed by atoms with Crippen molar-refractivity contribution >= 4 is 23.1 Å². The Morgan fingerprint density at radius 2 is 2.00 bits per heavy atom. The summed E-state index contributed by atoms with van der Waals surface area (Å²) in [5.41, 5.74) is 10.2. The van der Waals surface area contributed by atoms with Crippen molar-refractivity contribution < 1.29 is 9.59 Å². The number of rotatable bonds is 2. The topological polar surface area (TPSA) is 63.4 Å². The third-order valence-corrected chi connectivity index (χ3v) is 3.99. The molecule has 2 N–H and O–H groups in total. The van der Waals surface area contributed by atoms with Crippen molar-refractivity contribution in [2.75, 3.05) is 17.7 Å². The summed E-state index contributed by atoms with van der Waals surface area (Å²) in [6.07, 6.45) is 0.344. The van der Waals surface area contributed by atoms with Gasteiger partial charge in [-0.05, 0) is 42.3 Å². The van der Waals surface area contributed by atoms with Crippen molar-refractivity contribution in [2.24, 2.45) is 0 Å². The minimum atomic E-state index is -0.110. The highest BCUT2D eigenvalue weighted by molar-refractivity contribution is 6.13. The van der Waals surface area contributed by atoms with Gasteiger partial charge in [-0.1, -0.05) is 12.1 Å². The number of carbonyl (C=O) groups excluding carboxylic acids is 2. The molecule has 21 heavy (non-hydrogen) atoms. The molecule has 3 rings (SSSR count). The monoisotopic (exact) mass is 280 g/mol. The lowest BCUT2D eigenvalue weighted by molar-refractivity contribution is -0.117. The molecule has 0 atom stereocenters. The minimum absolute atomic E-state index is 0.0460. The maximum atomic E-state index is 12.6. The van der Waals surface area contributed by atoms with Crippen LogP contribution in [0, 0.1) is 6.92 Å². The Morgan fingerprint density at radius 1 is 1.24 bits per heavy atom. The molecule has 0 aromatic heterocycles. The number of fused-ring (bicyclic) bond motifs is 1. The van der Waals surface area contributed by atoms with Gasteiger partial charge >= 0.3 is 0 Å². The van der Waals surface area contributed by atoms with Crippen molar-refractivity contribution in [3.05, 3.63) is 58.7 Å². The van der Waals surface area contributed by atoms with Gasteiger partial charge < -0.3 is 10.6 Å². The minimum Gasteiger partial charge on any atom is -0.398 e. The van der Waals surface area contributed by atoms with Gasteiger partial charge in [0.1, 0.15) is 0 Å². The largest absolute Gasteiger partial charge is 0.398 e. The first-order chi connectivity index (χ1) is 9.99. The van der Waals surface area contributed by atoms with Crippen molar-refractivity contribution in [1.29, 1.82) is 0 Å². The molecule has 0 fully saturated rings. The van der Waals surface area contributed by atoms with Gasteiger partial charge in [0.25, 0.3) is 0 Å². The summed E-state index contributed by atoms with van der Waals surface area (Å²) in [4.78, 5) is 25.9. The first kappa shape index (κ1) is 13.4. The van der Waals surface area contributed by atoms with E-state index in [1.54, 1.807) is 30.1 Å².